The zero-order valence-electron chi connectivity index (χ0n) is 13.4. The summed E-state index contributed by atoms with van der Waals surface area (Å²) in [5, 5.41) is 4.29. The fraction of sp³-hybridized carbons (Fsp3) is 0.812. The van der Waals surface area contributed by atoms with Crippen LogP contribution in [-0.4, -0.2) is 65.0 Å². The molecular formula is C16H28N4O. The minimum atomic E-state index is 0.402. The summed E-state index contributed by atoms with van der Waals surface area (Å²) in [4.78, 5) is 5.30. The summed E-state index contributed by atoms with van der Waals surface area (Å²) < 4.78 is 7.20. The Morgan fingerprint density at radius 2 is 2.10 bits per heavy atom. The van der Waals surface area contributed by atoms with Gasteiger partial charge in [0.25, 0.3) is 0 Å². The molecule has 1 aromatic rings. The van der Waals surface area contributed by atoms with Crippen LogP contribution in [0, 0.1) is 0 Å². The molecule has 0 aromatic carbocycles. The van der Waals surface area contributed by atoms with E-state index in [1.807, 2.05) is 17.9 Å². The Morgan fingerprint density at radius 3 is 2.81 bits per heavy atom. The molecule has 2 aliphatic rings. The molecular weight excluding hydrogens is 264 g/mol. The highest BCUT2D eigenvalue weighted by Gasteiger charge is 2.43. The summed E-state index contributed by atoms with van der Waals surface area (Å²) in [6, 6.07) is 0. The number of piperidine rings is 1. The first-order chi connectivity index (χ1) is 10.2. The molecule has 118 valence electrons. The van der Waals surface area contributed by atoms with E-state index in [-0.39, 0.29) is 0 Å². The van der Waals surface area contributed by atoms with Crippen molar-refractivity contribution in [3.8, 4) is 0 Å². The zero-order chi connectivity index (χ0) is 14.7. The standard InChI is InChI=1S/C16H28N4O/c1-18-12-15(11-17-18)13-19-7-3-5-16(14-19)6-4-8-20(16)9-10-21-2/h11-12H,3-10,13-14H2,1-2H3/t16-/m0/s1. The summed E-state index contributed by atoms with van der Waals surface area (Å²) in [7, 11) is 3.79. The lowest BCUT2D eigenvalue weighted by atomic mass is 9.86. The van der Waals surface area contributed by atoms with Crippen LogP contribution < -0.4 is 0 Å². The average Bonchev–Trinajstić information content (AvgIpc) is 3.04. The molecule has 21 heavy (non-hydrogen) atoms. The number of methoxy groups -OCH3 is 1. The molecule has 5 nitrogen and oxygen atoms in total. The van der Waals surface area contributed by atoms with Gasteiger partial charge in [-0.3, -0.25) is 14.5 Å². The van der Waals surface area contributed by atoms with E-state index in [0.717, 1.165) is 19.7 Å². The van der Waals surface area contributed by atoms with Crippen LogP contribution in [0.25, 0.3) is 0 Å². The molecule has 0 amide bonds. The molecule has 0 bridgehead atoms. The molecule has 1 atom stereocenters. The van der Waals surface area contributed by atoms with Crippen LogP contribution in [0.5, 0.6) is 0 Å². The van der Waals surface area contributed by atoms with E-state index in [2.05, 4.69) is 21.1 Å². The highest BCUT2D eigenvalue weighted by atomic mass is 16.5. The van der Waals surface area contributed by atoms with Crippen LogP contribution in [0.4, 0.5) is 0 Å². The highest BCUT2D eigenvalue weighted by Crippen LogP contribution is 2.37. The quantitative estimate of drug-likeness (QED) is 0.823. The van der Waals surface area contributed by atoms with Crippen LogP contribution in [-0.2, 0) is 18.3 Å². The second kappa shape index (κ2) is 6.46. The molecule has 2 saturated heterocycles. The monoisotopic (exact) mass is 292 g/mol. The third kappa shape index (κ3) is 3.30. The summed E-state index contributed by atoms with van der Waals surface area (Å²) in [5.41, 5.74) is 1.73. The fourth-order valence-electron chi connectivity index (χ4n) is 4.16. The summed E-state index contributed by atoms with van der Waals surface area (Å²) in [5.74, 6) is 0. The lowest BCUT2D eigenvalue weighted by Gasteiger charge is -2.46. The van der Waals surface area contributed by atoms with Gasteiger partial charge in [0.15, 0.2) is 0 Å². The van der Waals surface area contributed by atoms with Crippen molar-refractivity contribution in [2.45, 2.75) is 37.8 Å². The maximum atomic E-state index is 5.30. The van der Waals surface area contributed by atoms with Crippen molar-refractivity contribution in [3.63, 3.8) is 0 Å². The second-order valence-electron chi connectivity index (χ2n) is 6.64. The van der Waals surface area contributed by atoms with Gasteiger partial charge in [0, 0.05) is 51.1 Å². The van der Waals surface area contributed by atoms with E-state index in [0.29, 0.717) is 5.54 Å². The Bertz CT molecular complexity index is 461. The van der Waals surface area contributed by atoms with E-state index < -0.39 is 0 Å². The van der Waals surface area contributed by atoms with Crippen molar-refractivity contribution in [1.82, 2.24) is 19.6 Å². The largest absolute Gasteiger partial charge is 0.383 e. The minimum Gasteiger partial charge on any atom is -0.383 e. The van der Waals surface area contributed by atoms with Crippen molar-refractivity contribution < 1.29 is 4.74 Å². The third-order valence-electron chi connectivity index (χ3n) is 5.11. The first-order valence-electron chi connectivity index (χ1n) is 8.16. The van der Waals surface area contributed by atoms with Crippen LogP contribution in [0.15, 0.2) is 12.4 Å². The normalized spacial score (nSPS) is 27.7. The first-order valence-corrected chi connectivity index (χ1v) is 8.16. The molecule has 0 N–H and O–H groups in total. The van der Waals surface area contributed by atoms with E-state index in [4.69, 9.17) is 4.74 Å². The molecule has 2 aliphatic heterocycles. The van der Waals surface area contributed by atoms with Crippen molar-refractivity contribution in [1.29, 1.82) is 0 Å². The maximum Gasteiger partial charge on any atom is 0.0589 e. The number of rotatable bonds is 5. The van der Waals surface area contributed by atoms with Crippen molar-refractivity contribution >= 4 is 0 Å². The van der Waals surface area contributed by atoms with Crippen LogP contribution in [0.3, 0.4) is 0 Å². The number of aryl methyl sites for hydroxylation is 1. The average molecular weight is 292 g/mol. The number of hydrogen-bond donors (Lipinski definition) is 0. The van der Waals surface area contributed by atoms with Crippen LogP contribution in [0.2, 0.25) is 0 Å². The number of likely N-dealkylation sites (tertiary alicyclic amines) is 2. The maximum absolute atomic E-state index is 5.30. The highest BCUT2D eigenvalue weighted by molar-refractivity contribution is 5.06. The van der Waals surface area contributed by atoms with Gasteiger partial charge in [0.2, 0.25) is 0 Å². The minimum absolute atomic E-state index is 0.402. The van der Waals surface area contributed by atoms with Crippen molar-refractivity contribution in [3.05, 3.63) is 18.0 Å². The second-order valence-corrected chi connectivity index (χ2v) is 6.64. The molecule has 0 radical (unpaired) electrons. The number of nitrogens with zero attached hydrogens (tertiary/aromatic N) is 4. The molecule has 3 heterocycles. The molecule has 0 unspecified atom stereocenters. The lowest BCUT2D eigenvalue weighted by molar-refractivity contribution is 0.0230. The summed E-state index contributed by atoms with van der Waals surface area (Å²) >= 11 is 0. The predicted molar refractivity (Wildman–Crippen MR) is 83.1 cm³/mol. The molecule has 3 rings (SSSR count). The first kappa shape index (κ1) is 15.0. The van der Waals surface area contributed by atoms with Gasteiger partial charge < -0.3 is 4.74 Å². The Hall–Kier alpha value is -0.910. The Kier molecular flexibility index (Phi) is 4.62. The zero-order valence-corrected chi connectivity index (χ0v) is 13.4. The van der Waals surface area contributed by atoms with Crippen LogP contribution in [0.1, 0.15) is 31.2 Å². The molecule has 1 aromatic heterocycles. The summed E-state index contributed by atoms with van der Waals surface area (Å²) in [6.07, 6.45) is 9.48. The number of ether oxygens (including phenoxy) is 1. The van der Waals surface area contributed by atoms with Gasteiger partial charge in [0.1, 0.15) is 0 Å². The lowest BCUT2D eigenvalue weighted by Crippen LogP contribution is -2.55. The Labute approximate surface area is 127 Å². The smallest absolute Gasteiger partial charge is 0.0589 e. The molecule has 5 heteroatoms. The SMILES string of the molecule is COCCN1CCC[C@]12CCCN(Cc1cnn(C)c1)C2. The number of hydrogen-bond acceptors (Lipinski definition) is 4. The third-order valence-corrected chi connectivity index (χ3v) is 5.11. The van der Waals surface area contributed by atoms with E-state index in [1.165, 1.54) is 50.9 Å². The topological polar surface area (TPSA) is 33.5 Å². The van der Waals surface area contributed by atoms with Gasteiger partial charge >= 0.3 is 0 Å². The van der Waals surface area contributed by atoms with E-state index >= 15 is 0 Å². The van der Waals surface area contributed by atoms with Gasteiger partial charge in [0.05, 0.1) is 12.8 Å². The Balaban J connectivity index is 1.64. The Morgan fingerprint density at radius 1 is 1.29 bits per heavy atom. The molecule has 1 spiro atoms. The molecule has 2 fully saturated rings. The van der Waals surface area contributed by atoms with Crippen LogP contribution >= 0.6 is 0 Å². The molecule has 0 aliphatic carbocycles. The van der Waals surface area contributed by atoms with Gasteiger partial charge in [-0.1, -0.05) is 0 Å². The van der Waals surface area contributed by atoms with E-state index in [9.17, 15) is 0 Å². The van der Waals surface area contributed by atoms with Gasteiger partial charge in [-0.25, -0.2) is 0 Å². The van der Waals surface area contributed by atoms with Crippen molar-refractivity contribution in [2.24, 2.45) is 7.05 Å². The predicted octanol–water partition coefficient (Wildman–Crippen LogP) is 1.50. The van der Waals surface area contributed by atoms with E-state index in [1.54, 1.807) is 7.11 Å². The van der Waals surface area contributed by atoms with Gasteiger partial charge in [-0.2, -0.15) is 5.10 Å². The fourth-order valence-corrected chi connectivity index (χ4v) is 4.16. The number of aromatic nitrogens is 2. The van der Waals surface area contributed by atoms with Crippen molar-refractivity contribution in [2.75, 3.05) is 39.9 Å². The molecule has 0 saturated carbocycles. The summed E-state index contributed by atoms with van der Waals surface area (Å²) in [6.45, 7) is 6.62. The van der Waals surface area contributed by atoms with Gasteiger partial charge in [-0.15, -0.1) is 0 Å². The van der Waals surface area contributed by atoms with Gasteiger partial charge in [-0.05, 0) is 38.8 Å².